The van der Waals surface area contributed by atoms with E-state index in [0.717, 1.165) is 0 Å². The van der Waals surface area contributed by atoms with Crippen molar-refractivity contribution in [3.05, 3.63) is 41.9 Å². The fourth-order valence-corrected chi connectivity index (χ4v) is 2.85. The molecule has 2 N–H and O–H groups in total. The van der Waals surface area contributed by atoms with E-state index >= 15 is 0 Å². The van der Waals surface area contributed by atoms with E-state index in [1.54, 1.807) is 13.0 Å². The second kappa shape index (κ2) is 8.74. The summed E-state index contributed by atoms with van der Waals surface area (Å²) in [5, 5.41) is 9.18. The Balaban J connectivity index is 1.37. The molecule has 3 rings (SSSR count). The molecule has 0 unspecified atom stereocenters. The Kier molecular flexibility index (Phi) is 6.15. The predicted octanol–water partition coefficient (Wildman–Crippen LogP) is 1.32. The third kappa shape index (κ3) is 5.87. The lowest BCUT2D eigenvalue weighted by Gasteiger charge is -2.33. The molecule has 1 aliphatic rings. The number of piperazine rings is 1. The van der Waals surface area contributed by atoms with Crippen LogP contribution in [-0.2, 0) is 9.59 Å². The summed E-state index contributed by atoms with van der Waals surface area (Å²) in [6, 6.07) is 7.33. The Labute approximate surface area is 156 Å². The zero-order chi connectivity index (χ0) is 19.2. The molecule has 1 fully saturated rings. The molecule has 0 spiro atoms. The van der Waals surface area contributed by atoms with Crippen molar-refractivity contribution in [1.29, 1.82) is 0 Å². The Morgan fingerprint density at radius 2 is 1.59 bits per heavy atom. The second-order valence-electron chi connectivity index (χ2n) is 6.48. The molecule has 1 aliphatic heterocycles. The average molecular weight is 375 g/mol. The fraction of sp³-hybridized carbons (Fsp3) is 0.389. The first-order valence-electron chi connectivity index (χ1n) is 8.71. The number of hydrogen-bond donors (Lipinski definition) is 2. The zero-order valence-electron chi connectivity index (χ0n) is 15.1. The van der Waals surface area contributed by atoms with Gasteiger partial charge >= 0.3 is 0 Å². The molecule has 0 atom stereocenters. The summed E-state index contributed by atoms with van der Waals surface area (Å²) in [4.78, 5) is 28.2. The fourth-order valence-electron chi connectivity index (χ4n) is 2.85. The van der Waals surface area contributed by atoms with Crippen LogP contribution in [0.25, 0.3) is 0 Å². The van der Waals surface area contributed by atoms with Crippen molar-refractivity contribution in [2.75, 3.05) is 49.9 Å². The lowest BCUT2D eigenvalue weighted by molar-refractivity contribution is -0.120. The number of carbonyl (C=O) groups excluding carboxylic acids is 2. The van der Waals surface area contributed by atoms with Crippen molar-refractivity contribution in [2.24, 2.45) is 0 Å². The molecular weight excluding hydrogens is 353 g/mol. The molecule has 144 valence electrons. The summed E-state index contributed by atoms with van der Waals surface area (Å²) in [7, 11) is 0. The first-order chi connectivity index (χ1) is 13.0. The van der Waals surface area contributed by atoms with Crippen LogP contribution in [0, 0.1) is 12.7 Å². The molecule has 8 nitrogen and oxygen atoms in total. The largest absolute Gasteiger partial charge is 0.360 e. The maximum absolute atomic E-state index is 12.9. The van der Waals surface area contributed by atoms with Gasteiger partial charge in [-0.3, -0.25) is 19.4 Å². The van der Waals surface area contributed by atoms with Gasteiger partial charge in [-0.15, -0.1) is 0 Å². The van der Waals surface area contributed by atoms with Crippen LogP contribution in [0.4, 0.5) is 15.9 Å². The molecule has 1 saturated heterocycles. The highest BCUT2D eigenvalue weighted by molar-refractivity contribution is 5.92. The lowest BCUT2D eigenvalue weighted by Crippen LogP contribution is -2.50. The first kappa shape index (κ1) is 19.0. The Hall–Kier alpha value is -2.78. The number of nitrogens with one attached hydrogen (secondary N) is 2. The van der Waals surface area contributed by atoms with Gasteiger partial charge in [-0.1, -0.05) is 5.16 Å². The minimum atomic E-state index is -0.341. The van der Waals surface area contributed by atoms with E-state index in [1.165, 1.54) is 24.3 Å². The Bertz CT molecular complexity index is 785. The molecule has 27 heavy (non-hydrogen) atoms. The van der Waals surface area contributed by atoms with Crippen LogP contribution in [-0.4, -0.2) is 66.0 Å². The van der Waals surface area contributed by atoms with Gasteiger partial charge in [-0.05, 0) is 31.2 Å². The van der Waals surface area contributed by atoms with E-state index in [2.05, 4.69) is 15.8 Å². The van der Waals surface area contributed by atoms with E-state index in [-0.39, 0.29) is 30.7 Å². The van der Waals surface area contributed by atoms with Crippen LogP contribution < -0.4 is 10.6 Å². The summed E-state index contributed by atoms with van der Waals surface area (Å²) < 4.78 is 17.8. The minimum Gasteiger partial charge on any atom is -0.360 e. The monoisotopic (exact) mass is 375 g/mol. The number of benzene rings is 1. The molecule has 9 heteroatoms. The smallest absolute Gasteiger partial charge is 0.239 e. The maximum atomic E-state index is 12.9. The molecule has 0 aliphatic carbocycles. The lowest BCUT2D eigenvalue weighted by atomic mass is 10.3. The number of amides is 2. The van der Waals surface area contributed by atoms with E-state index in [1.807, 2.05) is 9.80 Å². The number of rotatable bonds is 6. The standard InChI is InChI=1S/C18H22FN5O3/c1-13-10-16(22-27-13)21-18(26)12-24-8-6-23(7-9-24)11-17(25)20-15-4-2-14(19)3-5-15/h2-5,10H,6-9,11-12H2,1H3,(H,20,25)(H,21,22,26). The van der Waals surface area contributed by atoms with Gasteiger partial charge in [-0.25, -0.2) is 4.39 Å². The van der Waals surface area contributed by atoms with E-state index < -0.39 is 0 Å². The minimum absolute atomic E-state index is 0.144. The van der Waals surface area contributed by atoms with E-state index in [4.69, 9.17) is 4.52 Å². The van der Waals surface area contributed by atoms with Gasteiger partial charge in [0.2, 0.25) is 11.8 Å². The normalized spacial score (nSPS) is 15.5. The molecule has 0 bridgehead atoms. The highest BCUT2D eigenvalue weighted by atomic mass is 19.1. The molecule has 2 aromatic rings. The molecule has 0 radical (unpaired) electrons. The molecule has 2 amide bonds. The molecule has 1 aromatic heterocycles. The van der Waals surface area contributed by atoms with Gasteiger partial charge in [0, 0.05) is 37.9 Å². The van der Waals surface area contributed by atoms with Crippen molar-refractivity contribution >= 4 is 23.3 Å². The van der Waals surface area contributed by atoms with Gasteiger partial charge < -0.3 is 15.2 Å². The van der Waals surface area contributed by atoms with Crippen molar-refractivity contribution in [2.45, 2.75) is 6.92 Å². The highest BCUT2D eigenvalue weighted by Gasteiger charge is 2.21. The van der Waals surface area contributed by atoms with Gasteiger partial charge in [0.25, 0.3) is 0 Å². The predicted molar refractivity (Wildman–Crippen MR) is 97.8 cm³/mol. The number of aromatic nitrogens is 1. The second-order valence-corrected chi connectivity index (χ2v) is 6.48. The maximum Gasteiger partial charge on any atom is 0.239 e. The Morgan fingerprint density at radius 3 is 2.11 bits per heavy atom. The molecule has 2 heterocycles. The van der Waals surface area contributed by atoms with Gasteiger partial charge in [0.1, 0.15) is 11.6 Å². The van der Waals surface area contributed by atoms with Crippen molar-refractivity contribution < 1.29 is 18.5 Å². The third-order valence-corrected chi connectivity index (χ3v) is 4.22. The quantitative estimate of drug-likeness (QED) is 0.791. The van der Waals surface area contributed by atoms with Crippen LogP contribution in [0.5, 0.6) is 0 Å². The van der Waals surface area contributed by atoms with Gasteiger partial charge in [-0.2, -0.15) is 0 Å². The molecule has 0 saturated carbocycles. The van der Waals surface area contributed by atoms with Gasteiger partial charge in [0.05, 0.1) is 13.1 Å². The van der Waals surface area contributed by atoms with Crippen LogP contribution in [0.1, 0.15) is 5.76 Å². The number of nitrogens with zero attached hydrogens (tertiary/aromatic N) is 3. The topological polar surface area (TPSA) is 90.7 Å². The van der Waals surface area contributed by atoms with E-state index in [0.29, 0.717) is 43.4 Å². The van der Waals surface area contributed by atoms with Crippen molar-refractivity contribution in [1.82, 2.24) is 15.0 Å². The van der Waals surface area contributed by atoms with Gasteiger partial charge in [0.15, 0.2) is 5.82 Å². The molecular formula is C18H22FN5O3. The number of carbonyl (C=O) groups is 2. The van der Waals surface area contributed by atoms with Crippen LogP contribution >= 0.6 is 0 Å². The SMILES string of the molecule is Cc1cc(NC(=O)CN2CCN(CC(=O)Nc3ccc(F)cc3)CC2)no1. The first-order valence-corrected chi connectivity index (χ1v) is 8.71. The average Bonchev–Trinajstić information content (AvgIpc) is 3.03. The summed E-state index contributed by atoms with van der Waals surface area (Å²) in [5.74, 6) is 0.415. The number of halogens is 1. The third-order valence-electron chi connectivity index (χ3n) is 4.22. The number of aryl methyl sites for hydroxylation is 1. The number of hydrogen-bond acceptors (Lipinski definition) is 6. The summed E-state index contributed by atoms with van der Waals surface area (Å²) in [6.07, 6.45) is 0. The molecule has 1 aromatic carbocycles. The van der Waals surface area contributed by atoms with Crippen molar-refractivity contribution in [3.63, 3.8) is 0 Å². The van der Waals surface area contributed by atoms with Crippen molar-refractivity contribution in [3.8, 4) is 0 Å². The highest BCUT2D eigenvalue weighted by Crippen LogP contribution is 2.10. The zero-order valence-corrected chi connectivity index (χ0v) is 15.1. The summed E-state index contributed by atoms with van der Waals surface area (Å²) in [6.45, 7) is 5.04. The Morgan fingerprint density at radius 1 is 1.04 bits per heavy atom. The van der Waals surface area contributed by atoms with Crippen LogP contribution in [0.15, 0.2) is 34.9 Å². The summed E-state index contributed by atoms with van der Waals surface area (Å²) in [5.41, 5.74) is 0.569. The number of anilines is 2. The summed E-state index contributed by atoms with van der Waals surface area (Å²) >= 11 is 0. The van der Waals surface area contributed by atoms with Crippen LogP contribution in [0.3, 0.4) is 0 Å². The van der Waals surface area contributed by atoms with Crippen LogP contribution in [0.2, 0.25) is 0 Å². The van der Waals surface area contributed by atoms with E-state index in [9.17, 15) is 14.0 Å².